The zero-order chi connectivity index (χ0) is 8.11. The van der Waals surface area contributed by atoms with Crippen molar-refractivity contribution in [2.75, 3.05) is 6.61 Å². The van der Waals surface area contributed by atoms with Crippen LogP contribution >= 0.6 is 0 Å². The average Bonchev–Trinajstić information content (AvgIpc) is 2.20. The zero-order valence-corrected chi connectivity index (χ0v) is 7.14. The Labute approximate surface area is 66.9 Å². The molecule has 0 amide bonds. The molecule has 3 nitrogen and oxygen atoms in total. The van der Waals surface area contributed by atoms with Crippen molar-refractivity contribution in [3.05, 3.63) is 5.21 Å². The molecule has 1 aliphatic carbocycles. The summed E-state index contributed by atoms with van der Waals surface area (Å²) < 4.78 is 0. The van der Waals surface area contributed by atoms with Gasteiger partial charge in [-0.15, -0.1) is 0 Å². The van der Waals surface area contributed by atoms with Crippen LogP contribution in [-0.2, 0) is 4.84 Å². The van der Waals surface area contributed by atoms with Crippen LogP contribution in [0.2, 0.25) is 0 Å². The number of hydrogen-bond donors (Lipinski definition) is 1. The zero-order valence-electron chi connectivity index (χ0n) is 7.14. The Kier molecular flexibility index (Phi) is 1.35. The van der Waals surface area contributed by atoms with E-state index in [1.54, 1.807) is 0 Å². The van der Waals surface area contributed by atoms with Crippen molar-refractivity contribution in [3.63, 3.8) is 0 Å². The molecule has 11 heavy (non-hydrogen) atoms. The van der Waals surface area contributed by atoms with Crippen molar-refractivity contribution in [3.8, 4) is 0 Å². The molecule has 1 N–H and O–H groups in total. The summed E-state index contributed by atoms with van der Waals surface area (Å²) in [7, 11) is 0. The summed E-state index contributed by atoms with van der Waals surface area (Å²) >= 11 is 0. The monoisotopic (exact) mass is 157 g/mol. The molecule has 1 saturated heterocycles. The molecule has 0 spiro atoms. The molecular weight excluding hydrogens is 142 g/mol. The Morgan fingerprint density at radius 1 is 1.36 bits per heavy atom. The number of quaternary nitrogens is 1. The van der Waals surface area contributed by atoms with Crippen molar-refractivity contribution in [1.82, 2.24) is 0 Å². The van der Waals surface area contributed by atoms with Gasteiger partial charge in [0.2, 0.25) is 0 Å². The summed E-state index contributed by atoms with van der Waals surface area (Å²) in [5.74, 6) is 0. The largest absolute Gasteiger partial charge is 0.599 e. The third-order valence-corrected chi connectivity index (χ3v) is 3.14. The van der Waals surface area contributed by atoms with Crippen molar-refractivity contribution >= 4 is 0 Å². The highest BCUT2D eigenvalue weighted by atomic mass is 16.9. The molecule has 2 bridgehead atoms. The average molecular weight is 157 g/mol. The highest BCUT2D eigenvalue weighted by Gasteiger charge is 2.52. The van der Waals surface area contributed by atoms with Crippen LogP contribution in [0.4, 0.5) is 0 Å². The van der Waals surface area contributed by atoms with Crippen LogP contribution in [0.5, 0.6) is 0 Å². The highest BCUT2D eigenvalue weighted by Crippen LogP contribution is 2.44. The second-order valence-corrected chi connectivity index (χ2v) is 4.62. The van der Waals surface area contributed by atoms with Gasteiger partial charge in [0.25, 0.3) is 0 Å². The summed E-state index contributed by atoms with van der Waals surface area (Å²) in [5.41, 5.74) is 0.148. The molecule has 3 heteroatoms. The fourth-order valence-electron chi connectivity index (χ4n) is 2.41. The molecule has 0 aromatic heterocycles. The van der Waals surface area contributed by atoms with E-state index in [2.05, 4.69) is 6.92 Å². The molecule has 2 rings (SSSR count). The molecule has 64 valence electrons. The van der Waals surface area contributed by atoms with E-state index in [-0.39, 0.29) is 10.8 Å². The summed E-state index contributed by atoms with van der Waals surface area (Å²) in [6.45, 7) is 4.88. The predicted molar refractivity (Wildman–Crippen MR) is 40.6 cm³/mol. The number of hydroxylamine groups is 2. The first-order valence-electron chi connectivity index (χ1n) is 4.21. The van der Waals surface area contributed by atoms with E-state index in [0.29, 0.717) is 12.0 Å². The van der Waals surface area contributed by atoms with Crippen LogP contribution in [0.3, 0.4) is 0 Å². The van der Waals surface area contributed by atoms with Crippen LogP contribution in [0.15, 0.2) is 0 Å². The van der Waals surface area contributed by atoms with Crippen LogP contribution in [0.25, 0.3) is 0 Å². The molecule has 1 saturated carbocycles. The molecular formula is C8H15NO2. The van der Waals surface area contributed by atoms with E-state index in [1.165, 1.54) is 0 Å². The quantitative estimate of drug-likeness (QED) is 0.512. The first kappa shape index (κ1) is 7.53. The lowest BCUT2D eigenvalue weighted by molar-refractivity contribution is -1.10. The lowest BCUT2D eigenvalue weighted by atomic mass is 9.86. The molecule has 2 fully saturated rings. The van der Waals surface area contributed by atoms with Gasteiger partial charge in [-0.25, -0.2) is 10.1 Å². The SMILES string of the molecule is CC12CCC(C)(C1)[NH+]([O-])OC2. The van der Waals surface area contributed by atoms with Gasteiger partial charge in [-0.2, -0.15) is 0 Å². The fourth-order valence-corrected chi connectivity index (χ4v) is 2.41. The summed E-state index contributed by atoms with van der Waals surface area (Å²) in [4.78, 5) is 5.13. The smallest absolute Gasteiger partial charge is 0.125 e. The standard InChI is InChI=1S/C8H15NO2/c1-7-3-4-8(2,5-7)9(10)11-6-7/h9H,3-6H2,1-2H3. The van der Waals surface area contributed by atoms with Gasteiger partial charge in [0, 0.05) is 18.3 Å². The lowest BCUT2D eigenvalue weighted by Gasteiger charge is -2.41. The second-order valence-electron chi connectivity index (χ2n) is 4.62. The van der Waals surface area contributed by atoms with E-state index in [1.807, 2.05) is 6.92 Å². The second kappa shape index (κ2) is 1.97. The van der Waals surface area contributed by atoms with Crippen molar-refractivity contribution < 1.29 is 10.1 Å². The van der Waals surface area contributed by atoms with Crippen molar-refractivity contribution in [2.24, 2.45) is 5.41 Å². The minimum Gasteiger partial charge on any atom is -0.599 e. The first-order valence-corrected chi connectivity index (χ1v) is 4.21. The van der Waals surface area contributed by atoms with Gasteiger partial charge in [0.15, 0.2) is 0 Å². The van der Waals surface area contributed by atoms with Crippen LogP contribution in [0, 0.1) is 10.6 Å². The van der Waals surface area contributed by atoms with Gasteiger partial charge in [0.1, 0.15) is 12.1 Å². The molecule has 1 aliphatic heterocycles. The topological polar surface area (TPSA) is 36.7 Å². The Morgan fingerprint density at radius 2 is 2.09 bits per heavy atom. The Bertz CT molecular complexity index is 181. The molecule has 0 aromatic rings. The normalized spacial score (nSPS) is 56.5. The molecule has 0 aromatic carbocycles. The van der Waals surface area contributed by atoms with E-state index in [0.717, 1.165) is 19.3 Å². The predicted octanol–water partition coefficient (Wildman–Crippen LogP) is 0.263. The molecule has 3 atom stereocenters. The maximum atomic E-state index is 11.3. The minimum atomic E-state index is -0.146. The van der Waals surface area contributed by atoms with Gasteiger partial charge in [0.05, 0.1) is 0 Å². The molecule has 3 unspecified atom stereocenters. The maximum absolute atomic E-state index is 11.3. The fraction of sp³-hybridized carbons (Fsp3) is 1.00. The third-order valence-electron chi connectivity index (χ3n) is 3.14. The van der Waals surface area contributed by atoms with E-state index < -0.39 is 0 Å². The van der Waals surface area contributed by atoms with E-state index in [9.17, 15) is 5.21 Å². The number of hydrogen-bond acceptors (Lipinski definition) is 2. The highest BCUT2D eigenvalue weighted by molar-refractivity contribution is 4.94. The molecule has 0 radical (unpaired) electrons. The molecule has 1 heterocycles. The van der Waals surface area contributed by atoms with Crippen LogP contribution in [-0.4, -0.2) is 12.1 Å². The lowest BCUT2D eigenvalue weighted by Crippen LogP contribution is -3.15. The Hall–Kier alpha value is -0.120. The van der Waals surface area contributed by atoms with Gasteiger partial charge >= 0.3 is 0 Å². The summed E-state index contributed by atoms with van der Waals surface area (Å²) in [6.07, 6.45) is 3.19. The van der Waals surface area contributed by atoms with Gasteiger partial charge < -0.3 is 5.21 Å². The maximum Gasteiger partial charge on any atom is 0.125 e. The number of rotatable bonds is 0. The molecule has 2 aliphatic rings. The van der Waals surface area contributed by atoms with Gasteiger partial charge in [-0.3, -0.25) is 0 Å². The summed E-state index contributed by atoms with van der Waals surface area (Å²) in [5, 5.41) is 11.3. The Morgan fingerprint density at radius 3 is 2.73 bits per heavy atom. The third kappa shape index (κ3) is 0.991. The Balaban J connectivity index is 2.23. The van der Waals surface area contributed by atoms with Crippen molar-refractivity contribution in [2.45, 2.75) is 38.6 Å². The minimum absolute atomic E-state index is 0.0208. The van der Waals surface area contributed by atoms with Crippen LogP contribution in [0.1, 0.15) is 33.1 Å². The first-order chi connectivity index (χ1) is 5.04. The van der Waals surface area contributed by atoms with Gasteiger partial charge in [-0.05, 0) is 13.3 Å². The van der Waals surface area contributed by atoms with Gasteiger partial charge in [-0.1, -0.05) is 6.92 Å². The van der Waals surface area contributed by atoms with E-state index >= 15 is 0 Å². The van der Waals surface area contributed by atoms with Crippen molar-refractivity contribution in [1.29, 1.82) is 0 Å². The van der Waals surface area contributed by atoms with E-state index in [4.69, 9.17) is 4.84 Å². The summed E-state index contributed by atoms with van der Waals surface area (Å²) in [6, 6.07) is 0. The number of nitrogens with one attached hydrogen (secondary N) is 1. The van der Waals surface area contributed by atoms with Crippen LogP contribution < -0.4 is 5.23 Å². The number of fused-ring (bicyclic) bond motifs is 2.